The predicted molar refractivity (Wildman–Crippen MR) is 134 cm³/mol. The number of ketones is 1. The minimum absolute atomic E-state index is 0.0100. The first-order chi connectivity index (χ1) is 17.0. The number of hydrogen-bond donors (Lipinski definition) is 1. The van der Waals surface area contributed by atoms with Crippen molar-refractivity contribution in [2.45, 2.75) is 53.5 Å². The molecule has 0 fully saturated rings. The van der Waals surface area contributed by atoms with Crippen molar-refractivity contribution in [1.82, 2.24) is 5.32 Å². The van der Waals surface area contributed by atoms with E-state index in [4.69, 9.17) is 13.9 Å². The Morgan fingerprint density at radius 2 is 1.70 bits per heavy atom. The molecule has 11 nitrogen and oxygen atoms in total. The van der Waals surface area contributed by atoms with Crippen molar-refractivity contribution in [2.75, 3.05) is 14.2 Å². The topological polar surface area (TPSA) is 155 Å². The van der Waals surface area contributed by atoms with Crippen LogP contribution in [0.25, 0.3) is 22.2 Å². The fraction of sp³-hybridized carbons (Fsp3) is 0.462. The zero-order chi connectivity index (χ0) is 28.1. The molecule has 1 aliphatic rings. The van der Waals surface area contributed by atoms with E-state index in [1.165, 1.54) is 6.07 Å². The van der Waals surface area contributed by atoms with E-state index >= 15 is 0 Å². The van der Waals surface area contributed by atoms with Crippen LogP contribution < -0.4 is 21.4 Å². The molecule has 0 bridgehead atoms. The first-order valence-corrected chi connectivity index (χ1v) is 11.5. The number of nitro groups is 1. The van der Waals surface area contributed by atoms with Gasteiger partial charge in [0.25, 0.3) is 5.69 Å². The third-order valence-corrected chi connectivity index (χ3v) is 6.19. The SMILES string of the molecule is COC(=O)C1=c2c(c(=O)oc3ccc([N+](=O)[O-])cc23)=C(NC(C)(C)CC(C)(C)C)C1(C(C)=O)C(=O)OC. The number of Topliss-reactive ketones (excluding diaryl/α,β-unsaturated/α-hetero) is 1. The largest absolute Gasteiger partial charge is 0.468 e. The van der Waals surface area contributed by atoms with E-state index in [0.717, 1.165) is 33.3 Å². The molecule has 1 aromatic heterocycles. The second-order valence-corrected chi connectivity index (χ2v) is 10.9. The fourth-order valence-electron chi connectivity index (χ4n) is 5.37. The summed E-state index contributed by atoms with van der Waals surface area (Å²) in [7, 11) is 2.11. The summed E-state index contributed by atoms with van der Waals surface area (Å²) in [5.74, 6) is -3.02. The van der Waals surface area contributed by atoms with Crippen LogP contribution in [0.3, 0.4) is 0 Å². The number of fused-ring (bicyclic) bond motifs is 3. The Hall–Kier alpha value is -4.02. The minimum atomic E-state index is -2.41. The first-order valence-electron chi connectivity index (χ1n) is 11.5. The van der Waals surface area contributed by atoms with Crippen molar-refractivity contribution in [1.29, 1.82) is 0 Å². The van der Waals surface area contributed by atoms with Crippen molar-refractivity contribution in [3.63, 3.8) is 0 Å². The van der Waals surface area contributed by atoms with Crippen LogP contribution in [-0.2, 0) is 23.9 Å². The number of nitrogens with zero attached hydrogens (tertiary/aromatic N) is 1. The maximum atomic E-state index is 13.5. The Morgan fingerprint density at radius 3 is 2.19 bits per heavy atom. The first kappa shape index (κ1) is 27.6. The lowest BCUT2D eigenvalue weighted by Crippen LogP contribution is -2.53. The highest BCUT2D eigenvalue weighted by Crippen LogP contribution is 2.42. The highest BCUT2D eigenvalue weighted by Gasteiger charge is 2.59. The van der Waals surface area contributed by atoms with Gasteiger partial charge in [-0.15, -0.1) is 0 Å². The molecule has 1 aromatic carbocycles. The lowest BCUT2D eigenvalue weighted by molar-refractivity contribution is -0.384. The molecule has 3 rings (SSSR count). The van der Waals surface area contributed by atoms with Gasteiger partial charge in [0, 0.05) is 28.3 Å². The Labute approximate surface area is 212 Å². The quantitative estimate of drug-likeness (QED) is 0.190. The number of ether oxygens (including phenoxy) is 2. The Morgan fingerprint density at radius 1 is 1.08 bits per heavy atom. The molecule has 0 saturated carbocycles. The summed E-state index contributed by atoms with van der Waals surface area (Å²) >= 11 is 0. The third kappa shape index (κ3) is 4.49. The van der Waals surface area contributed by atoms with Crippen molar-refractivity contribution >= 4 is 45.6 Å². The summed E-state index contributed by atoms with van der Waals surface area (Å²) < 4.78 is 15.5. The molecule has 1 N–H and O–H groups in total. The molecule has 1 atom stereocenters. The molecule has 37 heavy (non-hydrogen) atoms. The number of benzene rings is 1. The predicted octanol–water partition coefficient (Wildman–Crippen LogP) is 1.70. The molecular weight excluding hydrogens is 484 g/mol. The molecule has 11 heteroatoms. The summed E-state index contributed by atoms with van der Waals surface area (Å²) in [6.45, 7) is 10.7. The Balaban J connectivity index is 2.71. The number of rotatable bonds is 7. The van der Waals surface area contributed by atoms with Crippen LogP contribution in [0.4, 0.5) is 5.69 Å². The summed E-state index contributed by atoms with van der Waals surface area (Å²) in [5.41, 5.74) is -5.48. The number of esters is 2. The summed E-state index contributed by atoms with van der Waals surface area (Å²) in [6, 6.07) is 3.47. The Bertz CT molecular complexity index is 1530. The molecular formula is C26H30N2O9. The van der Waals surface area contributed by atoms with E-state index in [-0.39, 0.29) is 38.2 Å². The van der Waals surface area contributed by atoms with Gasteiger partial charge in [0.2, 0.25) is 0 Å². The highest BCUT2D eigenvalue weighted by atomic mass is 16.6. The van der Waals surface area contributed by atoms with Crippen LogP contribution in [0, 0.1) is 20.9 Å². The molecule has 1 unspecified atom stereocenters. The van der Waals surface area contributed by atoms with E-state index in [0.29, 0.717) is 6.42 Å². The lowest BCUT2D eigenvalue weighted by Gasteiger charge is -2.38. The zero-order valence-corrected chi connectivity index (χ0v) is 22.1. The molecule has 198 valence electrons. The van der Waals surface area contributed by atoms with Crippen LogP contribution in [-0.4, -0.2) is 42.4 Å². The van der Waals surface area contributed by atoms with Gasteiger partial charge in [-0.05, 0) is 38.7 Å². The maximum absolute atomic E-state index is 13.5. The standard InChI is InChI=1S/C26H30N2O9/c1-13(29)26(23(32)36-8)19(22(31)35-7)17-15-11-14(28(33)34)9-10-16(15)37-21(30)18(17)20(26)27-25(5,6)12-24(2,3)4/h9-11,27H,12H2,1-8H3. The Kier molecular flexibility index (Phi) is 6.80. The van der Waals surface area contributed by atoms with Gasteiger partial charge >= 0.3 is 17.6 Å². The van der Waals surface area contributed by atoms with Gasteiger partial charge < -0.3 is 19.2 Å². The average molecular weight is 515 g/mol. The number of carbonyl (C=O) groups excluding carboxylic acids is 3. The average Bonchev–Trinajstić information content (AvgIpc) is 3.07. The lowest BCUT2D eigenvalue weighted by atomic mass is 9.74. The molecule has 0 amide bonds. The van der Waals surface area contributed by atoms with Crippen LogP contribution in [0.5, 0.6) is 0 Å². The number of nitrogens with one attached hydrogen (secondary N) is 1. The van der Waals surface area contributed by atoms with E-state index in [1.54, 1.807) is 0 Å². The second-order valence-electron chi connectivity index (χ2n) is 10.9. The van der Waals surface area contributed by atoms with Crippen LogP contribution in [0.1, 0.15) is 48.0 Å². The number of methoxy groups -OCH3 is 2. The number of carbonyl (C=O) groups is 3. The molecule has 1 aliphatic carbocycles. The zero-order valence-electron chi connectivity index (χ0n) is 22.1. The van der Waals surface area contributed by atoms with Crippen LogP contribution >= 0.6 is 0 Å². The summed E-state index contributed by atoms with van der Waals surface area (Å²) in [6.07, 6.45) is 0.520. The van der Waals surface area contributed by atoms with Gasteiger partial charge in [-0.1, -0.05) is 20.8 Å². The number of nitro benzene ring substituents is 1. The second kappa shape index (κ2) is 9.13. The summed E-state index contributed by atoms with van der Waals surface area (Å²) in [4.78, 5) is 64.5. The smallest absolute Gasteiger partial charge is 0.346 e. The number of non-ortho nitro benzene ring substituents is 1. The normalized spacial score (nSPS) is 17.4. The summed E-state index contributed by atoms with van der Waals surface area (Å²) in [5, 5.41) is 14.3. The van der Waals surface area contributed by atoms with Gasteiger partial charge in [0.1, 0.15) is 5.58 Å². The number of hydrogen-bond acceptors (Lipinski definition) is 10. The van der Waals surface area contributed by atoms with Crippen molar-refractivity contribution < 1.29 is 33.2 Å². The van der Waals surface area contributed by atoms with Gasteiger partial charge in [0.05, 0.1) is 35.6 Å². The van der Waals surface area contributed by atoms with Gasteiger partial charge in [-0.2, -0.15) is 0 Å². The fourth-order valence-corrected chi connectivity index (χ4v) is 5.37. The molecule has 0 spiro atoms. The molecule has 0 radical (unpaired) electrons. The molecule has 2 aromatic rings. The van der Waals surface area contributed by atoms with Crippen molar-refractivity contribution in [2.24, 2.45) is 10.8 Å². The van der Waals surface area contributed by atoms with Gasteiger partial charge in [-0.25, -0.2) is 9.59 Å². The van der Waals surface area contributed by atoms with E-state index in [1.807, 2.05) is 34.6 Å². The van der Waals surface area contributed by atoms with E-state index < -0.39 is 44.8 Å². The molecule has 1 heterocycles. The van der Waals surface area contributed by atoms with Gasteiger partial charge in [-0.3, -0.25) is 19.7 Å². The minimum Gasteiger partial charge on any atom is -0.468 e. The van der Waals surface area contributed by atoms with Crippen molar-refractivity contribution in [3.05, 3.63) is 49.2 Å². The van der Waals surface area contributed by atoms with E-state index in [2.05, 4.69) is 5.32 Å². The monoisotopic (exact) mass is 514 g/mol. The van der Waals surface area contributed by atoms with Crippen LogP contribution in [0.15, 0.2) is 27.4 Å². The van der Waals surface area contributed by atoms with Crippen LogP contribution in [0.2, 0.25) is 0 Å². The van der Waals surface area contributed by atoms with E-state index in [9.17, 15) is 29.3 Å². The molecule has 0 aliphatic heterocycles. The highest BCUT2D eigenvalue weighted by molar-refractivity contribution is 6.33. The molecule has 0 saturated heterocycles. The third-order valence-electron chi connectivity index (χ3n) is 6.19. The van der Waals surface area contributed by atoms with Crippen molar-refractivity contribution in [3.8, 4) is 0 Å². The van der Waals surface area contributed by atoms with Gasteiger partial charge in [0.15, 0.2) is 11.2 Å². The maximum Gasteiger partial charge on any atom is 0.346 e.